The first-order chi connectivity index (χ1) is 10.2. The summed E-state index contributed by atoms with van der Waals surface area (Å²) >= 11 is 5.95. The molecule has 0 spiro atoms. The van der Waals surface area contributed by atoms with Gasteiger partial charge in [0.1, 0.15) is 0 Å². The van der Waals surface area contributed by atoms with Crippen LogP contribution in [-0.2, 0) is 4.79 Å². The molecule has 1 amide bonds. The van der Waals surface area contributed by atoms with Gasteiger partial charge < -0.3 is 10.2 Å². The van der Waals surface area contributed by atoms with Gasteiger partial charge in [0.05, 0.1) is 0 Å². The molecule has 1 saturated carbocycles. The zero-order chi connectivity index (χ0) is 14.4. The van der Waals surface area contributed by atoms with E-state index in [0.717, 1.165) is 24.7 Å². The van der Waals surface area contributed by atoms with Crippen LogP contribution in [-0.4, -0.2) is 30.4 Å². The highest BCUT2D eigenvalue weighted by Gasteiger charge is 2.44. The summed E-state index contributed by atoms with van der Waals surface area (Å²) in [5, 5.41) is 3.57. The average molecular weight is 303 g/mol. The van der Waals surface area contributed by atoms with Gasteiger partial charge in [-0.1, -0.05) is 23.2 Å². The SMILES string of the molecule is O=C(C=C1C2CC3CC1CN(C3)C2)Nc1cccc(Cl)c1. The minimum atomic E-state index is -0.0188. The Morgan fingerprint density at radius 2 is 2.00 bits per heavy atom. The van der Waals surface area contributed by atoms with Crippen molar-refractivity contribution in [1.29, 1.82) is 0 Å². The van der Waals surface area contributed by atoms with Gasteiger partial charge in [0.2, 0.25) is 5.91 Å². The molecule has 5 rings (SSSR count). The molecule has 3 nitrogen and oxygen atoms in total. The smallest absolute Gasteiger partial charge is 0.248 e. The van der Waals surface area contributed by atoms with Crippen LogP contribution in [0.5, 0.6) is 0 Å². The maximum atomic E-state index is 12.3. The minimum absolute atomic E-state index is 0.0188. The second kappa shape index (κ2) is 5.15. The lowest BCUT2D eigenvalue weighted by Gasteiger charge is -2.53. The Labute approximate surface area is 130 Å². The van der Waals surface area contributed by atoms with Crippen LogP contribution in [0.4, 0.5) is 5.69 Å². The summed E-state index contributed by atoms with van der Waals surface area (Å²) in [6.07, 6.45) is 4.39. The van der Waals surface area contributed by atoms with Gasteiger partial charge in [-0.15, -0.1) is 0 Å². The van der Waals surface area contributed by atoms with Gasteiger partial charge in [-0.2, -0.15) is 0 Å². The molecule has 4 bridgehead atoms. The molecule has 1 aliphatic carbocycles. The van der Waals surface area contributed by atoms with E-state index in [1.807, 2.05) is 24.3 Å². The molecule has 0 aromatic heterocycles. The van der Waals surface area contributed by atoms with Crippen LogP contribution in [0, 0.1) is 17.8 Å². The highest BCUT2D eigenvalue weighted by Crippen LogP contribution is 2.46. The third-order valence-electron chi connectivity index (χ3n) is 5.04. The van der Waals surface area contributed by atoms with Crippen LogP contribution < -0.4 is 5.32 Å². The van der Waals surface area contributed by atoms with E-state index >= 15 is 0 Å². The molecular weight excluding hydrogens is 284 g/mol. The number of nitrogens with one attached hydrogen (secondary N) is 1. The van der Waals surface area contributed by atoms with Crippen LogP contribution in [0.3, 0.4) is 0 Å². The van der Waals surface area contributed by atoms with E-state index < -0.39 is 0 Å². The number of carbonyl (C=O) groups excluding carboxylic acids is 1. The maximum Gasteiger partial charge on any atom is 0.248 e. The van der Waals surface area contributed by atoms with Crippen LogP contribution in [0.25, 0.3) is 0 Å². The number of amides is 1. The van der Waals surface area contributed by atoms with Gasteiger partial charge in [0, 0.05) is 36.4 Å². The lowest BCUT2D eigenvalue weighted by molar-refractivity contribution is -0.112. The van der Waals surface area contributed by atoms with Gasteiger partial charge in [0.25, 0.3) is 0 Å². The van der Waals surface area contributed by atoms with Crippen molar-refractivity contribution in [2.45, 2.75) is 12.8 Å². The molecule has 21 heavy (non-hydrogen) atoms. The van der Waals surface area contributed by atoms with Gasteiger partial charge in [-0.25, -0.2) is 0 Å². The molecule has 1 aromatic carbocycles. The Bertz CT molecular complexity index is 581. The molecule has 3 saturated heterocycles. The Balaban J connectivity index is 1.50. The molecule has 3 heterocycles. The van der Waals surface area contributed by atoms with Gasteiger partial charge in [0.15, 0.2) is 0 Å². The van der Waals surface area contributed by atoms with Crippen molar-refractivity contribution in [2.75, 3.05) is 25.0 Å². The van der Waals surface area contributed by atoms with E-state index in [1.54, 1.807) is 6.07 Å². The van der Waals surface area contributed by atoms with E-state index in [0.29, 0.717) is 16.9 Å². The lowest BCUT2D eigenvalue weighted by Crippen LogP contribution is -2.54. The van der Waals surface area contributed by atoms with E-state index in [-0.39, 0.29) is 5.91 Å². The normalized spacial score (nSPS) is 33.1. The highest BCUT2D eigenvalue weighted by atomic mass is 35.5. The van der Waals surface area contributed by atoms with Crippen LogP contribution in [0.15, 0.2) is 35.9 Å². The van der Waals surface area contributed by atoms with Crippen LogP contribution in [0.2, 0.25) is 5.02 Å². The topological polar surface area (TPSA) is 32.3 Å². The summed E-state index contributed by atoms with van der Waals surface area (Å²) in [7, 11) is 0. The first kappa shape index (κ1) is 13.4. The predicted molar refractivity (Wildman–Crippen MR) is 84.3 cm³/mol. The van der Waals surface area contributed by atoms with Crippen molar-refractivity contribution in [3.05, 3.63) is 40.9 Å². The Hall–Kier alpha value is -1.32. The molecule has 1 aromatic rings. The molecule has 4 heteroatoms. The van der Waals surface area contributed by atoms with Gasteiger partial charge in [-0.05, 0) is 48.8 Å². The Morgan fingerprint density at radius 3 is 2.67 bits per heavy atom. The molecule has 2 unspecified atom stereocenters. The largest absolute Gasteiger partial charge is 0.322 e. The number of anilines is 1. The van der Waals surface area contributed by atoms with Gasteiger partial charge >= 0.3 is 0 Å². The van der Waals surface area contributed by atoms with E-state index in [4.69, 9.17) is 11.6 Å². The number of rotatable bonds is 2. The molecule has 0 radical (unpaired) electrons. The predicted octanol–water partition coefficient (Wildman–Crippen LogP) is 3.18. The first-order valence-electron chi connectivity index (χ1n) is 7.68. The number of nitrogens with zero attached hydrogens (tertiary/aromatic N) is 1. The van der Waals surface area contributed by atoms with Crippen molar-refractivity contribution >= 4 is 23.2 Å². The highest BCUT2D eigenvalue weighted by molar-refractivity contribution is 6.30. The number of hydrogen-bond acceptors (Lipinski definition) is 2. The fraction of sp³-hybridized carbons (Fsp3) is 0.471. The van der Waals surface area contributed by atoms with E-state index in [2.05, 4.69) is 10.2 Å². The molecular formula is C17H19ClN2O. The number of halogens is 1. The fourth-order valence-corrected chi connectivity index (χ4v) is 4.55. The number of piperidine rings is 3. The van der Waals surface area contributed by atoms with Crippen molar-refractivity contribution in [1.82, 2.24) is 4.90 Å². The molecule has 1 N–H and O–H groups in total. The van der Waals surface area contributed by atoms with Crippen LogP contribution >= 0.6 is 11.6 Å². The molecule has 4 fully saturated rings. The molecule has 3 aliphatic heterocycles. The van der Waals surface area contributed by atoms with Crippen molar-refractivity contribution in [3.63, 3.8) is 0 Å². The average Bonchev–Trinajstić information content (AvgIpc) is 2.42. The summed E-state index contributed by atoms with van der Waals surface area (Å²) in [6, 6.07) is 7.30. The quantitative estimate of drug-likeness (QED) is 0.851. The van der Waals surface area contributed by atoms with Crippen LogP contribution in [0.1, 0.15) is 12.8 Å². The van der Waals surface area contributed by atoms with Crippen molar-refractivity contribution < 1.29 is 4.79 Å². The maximum absolute atomic E-state index is 12.3. The second-order valence-corrected chi connectivity index (χ2v) is 7.03. The van der Waals surface area contributed by atoms with E-state index in [9.17, 15) is 4.79 Å². The van der Waals surface area contributed by atoms with E-state index in [1.165, 1.54) is 25.0 Å². The summed E-state index contributed by atoms with van der Waals surface area (Å²) in [5.74, 6) is 2.04. The number of carbonyl (C=O) groups is 1. The van der Waals surface area contributed by atoms with Crippen molar-refractivity contribution in [3.8, 4) is 0 Å². The third-order valence-corrected chi connectivity index (χ3v) is 5.28. The number of benzene rings is 1. The minimum Gasteiger partial charge on any atom is -0.322 e. The summed E-state index contributed by atoms with van der Waals surface area (Å²) in [5.41, 5.74) is 2.14. The standard InChI is InChI=1S/C17H19ClN2O/c18-14-2-1-3-15(6-14)19-17(21)7-16-12-4-11-5-13(16)10-20(8-11)9-12/h1-3,6-7,11-13H,4-5,8-10H2,(H,19,21). The third kappa shape index (κ3) is 2.60. The molecule has 2 atom stereocenters. The summed E-state index contributed by atoms with van der Waals surface area (Å²) < 4.78 is 0. The first-order valence-corrected chi connectivity index (χ1v) is 8.05. The Morgan fingerprint density at radius 1 is 1.24 bits per heavy atom. The Kier molecular flexibility index (Phi) is 3.27. The lowest BCUT2D eigenvalue weighted by atomic mass is 9.65. The zero-order valence-corrected chi connectivity index (χ0v) is 12.6. The molecule has 4 aliphatic rings. The van der Waals surface area contributed by atoms with Crippen molar-refractivity contribution in [2.24, 2.45) is 17.8 Å². The zero-order valence-electron chi connectivity index (χ0n) is 11.9. The second-order valence-electron chi connectivity index (χ2n) is 6.59. The number of hydrogen-bond donors (Lipinski definition) is 1. The van der Waals surface area contributed by atoms with Gasteiger partial charge in [-0.3, -0.25) is 4.79 Å². The molecule has 110 valence electrons. The fourth-order valence-electron chi connectivity index (χ4n) is 4.36. The monoisotopic (exact) mass is 302 g/mol. The summed E-state index contributed by atoms with van der Waals surface area (Å²) in [6.45, 7) is 3.56. The summed E-state index contributed by atoms with van der Waals surface area (Å²) in [4.78, 5) is 14.8.